The van der Waals surface area contributed by atoms with E-state index in [1.54, 1.807) is 22.6 Å². The van der Waals surface area contributed by atoms with Crippen molar-refractivity contribution >= 4 is 22.6 Å². The van der Waals surface area contributed by atoms with E-state index in [0.717, 1.165) is 22.4 Å². The number of rotatable bonds is 9. The Morgan fingerprint density at radius 1 is 0.929 bits per heavy atom. The van der Waals surface area contributed by atoms with E-state index in [1.165, 1.54) is 0 Å². The third-order valence-corrected chi connectivity index (χ3v) is 7.70. The van der Waals surface area contributed by atoms with Gasteiger partial charge >= 0.3 is 6.03 Å². The van der Waals surface area contributed by atoms with Crippen molar-refractivity contribution in [3.05, 3.63) is 130 Å². The van der Waals surface area contributed by atoms with E-state index in [4.69, 9.17) is 9.72 Å². The molecule has 0 fully saturated rings. The number of carbonyl (C=O) groups excluding carboxylic acids is 1. The summed E-state index contributed by atoms with van der Waals surface area (Å²) in [5.74, 6) is 1.24. The lowest BCUT2D eigenvalue weighted by Gasteiger charge is -2.32. The molecule has 0 radical (unpaired) electrons. The number of nitrogens with zero attached hydrogens (tertiary/aromatic N) is 3. The van der Waals surface area contributed by atoms with Gasteiger partial charge in [-0.3, -0.25) is 9.36 Å². The number of urea groups is 1. The van der Waals surface area contributed by atoms with Crippen LogP contribution in [-0.2, 0) is 6.42 Å². The first-order chi connectivity index (χ1) is 20.4. The van der Waals surface area contributed by atoms with Crippen molar-refractivity contribution in [2.45, 2.75) is 39.7 Å². The van der Waals surface area contributed by atoms with Crippen molar-refractivity contribution in [2.75, 3.05) is 19.0 Å². The molecule has 2 amide bonds. The number of para-hydroxylation sites is 1. The summed E-state index contributed by atoms with van der Waals surface area (Å²) in [6, 6.07) is 29.9. The minimum atomic E-state index is -0.481. The maximum absolute atomic E-state index is 14.1. The van der Waals surface area contributed by atoms with Crippen LogP contribution in [0, 0.1) is 13.8 Å². The van der Waals surface area contributed by atoms with Crippen LogP contribution in [0.3, 0.4) is 0 Å². The monoisotopic (exact) mass is 560 g/mol. The van der Waals surface area contributed by atoms with Gasteiger partial charge in [0.2, 0.25) is 0 Å². The largest absolute Gasteiger partial charge is 0.497 e. The summed E-state index contributed by atoms with van der Waals surface area (Å²) < 4.78 is 6.96. The highest BCUT2D eigenvalue weighted by Gasteiger charge is 2.29. The van der Waals surface area contributed by atoms with E-state index >= 15 is 0 Å². The summed E-state index contributed by atoms with van der Waals surface area (Å²) in [7, 11) is 1.61. The van der Waals surface area contributed by atoms with Gasteiger partial charge in [-0.2, -0.15) is 0 Å². The topological polar surface area (TPSA) is 76.5 Å². The van der Waals surface area contributed by atoms with Gasteiger partial charge in [0, 0.05) is 12.2 Å². The summed E-state index contributed by atoms with van der Waals surface area (Å²) in [6.45, 7) is 6.53. The standard InChI is InChI=1S/C35H36N4O3/c1-5-32(33-37-31-14-10-9-13-30(31)34(40)39(33)28-18-15-24(2)25(3)23-28)38(22-21-26-11-7-6-8-12-26)35(41)36-27-16-19-29(42-4)20-17-27/h6-20,23,32H,5,21-22H2,1-4H3,(H,36,41). The Morgan fingerprint density at radius 2 is 1.64 bits per heavy atom. The Labute approximate surface area is 246 Å². The molecule has 0 bridgehead atoms. The Kier molecular flexibility index (Phi) is 8.67. The van der Waals surface area contributed by atoms with Crippen LogP contribution in [-0.4, -0.2) is 34.1 Å². The van der Waals surface area contributed by atoms with Crippen LogP contribution in [0.5, 0.6) is 5.75 Å². The predicted molar refractivity (Wildman–Crippen MR) is 169 cm³/mol. The zero-order valence-corrected chi connectivity index (χ0v) is 24.5. The Balaban J connectivity index is 1.63. The van der Waals surface area contributed by atoms with Crippen molar-refractivity contribution < 1.29 is 9.53 Å². The molecule has 1 atom stereocenters. The first-order valence-electron chi connectivity index (χ1n) is 14.2. The van der Waals surface area contributed by atoms with Crippen LogP contribution >= 0.6 is 0 Å². The fourth-order valence-corrected chi connectivity index (χ4v) is 5.19. The quantitative estimate of drug-likeness (QED) is 0.206. The molecule has 0 saturated carbocycles. The number of ether oxygens (including phenoxy) is 1. The molecule has 5 aromatic rings. The number of hydrogen-bond donors (Lipinski definition) is 1. The third kappa shape index (κ3) is 6.05. The number of benzene rings is 4. The van der Waals surface area contributed by atoms with Crippen molar-refractivity contribution in [3.63, 3.8) is 0 Å². The number of fused-ring (bicyclic) bond motifs is 1. The third-order valence-electron chi connectivity index (χ3n) is 7.70. The number of amides is 2. The maximum atomic E-state index is 14.1. The molecule has 7 nitrogen and oxygen atoms in total. The molecule has 1 aromatic heterocycles. The van der Waals surface area contributed by atoms with E-state index in [-0.39, 0.29) is 11.6 Å². The number of aryl methyl sites for hydroxylation is 2. The molecule has 4 aromatic carbocycles. The molecule has 0 saturated heterocycles. The zero-order chi connectivity index (χ0) is 29.6. The Morgan fingerprint density at radius 3 is 2.33 bits per heavy atom. The van der Waals surface area contributed by atoms with Crippen molar-refractivity contribution in [1.82, 2.24) is 14.5 Å². The normalized spacial score (nSPS) is 11.7. The number of aromatic nitrogens is 2. The first-order valence-corrected chi connectivity index (χ1v) is 14.2. The van der Waals surface area contributed by atoms with Crippen LogP contribution in [0.1, 0.15) is 41.9 Å². The number of hydrogen-bond acceptors (Lipinski definition) is 4. The van der Waals surface area contributed by atoms with E-state index in [2.05, 4.69) is 17.4 Å². The van der Waals surface area contributed by atoms with Gasteiger partial charge in [0.1, 0.15) is 11.6 Å². The van der Waals surface area contributed by atoms with Crippen LogP contribution in [0.25, 0.3) is 16.6 Å². The maximum Gasteiger partial charge on any atom is 0.322 e. The molecule has 1 N–H and O–H groups in total. The number of anilines is 1. The molecule has 1 heterocycles. The second-order valence-electron chi connectivity index (χ2n) is 10.4. The van der Waals surface area contributed by atoms with Gasteiger partial charge in [-0.15, -0.1) is 0 Å². The average molecular weight is 561 g/mol. The minimum Gasteiger partial charge on any atom is -0.497 e. The molecule has 1 unspecified atom stereocenters. The smallest absolute Gasteiger partial charge is 0.322 e. The highest BCUT2D eigenvalue weighted by molar-refractivity contribution is 5.89. The van der Waals surface area contributed by atoms with E-state index in [1.807, 2.05) is 99.6 Å². The highest BCUT2D eigenvalue weighted by Crippen LogP contribution is 2.28. The lowest BCUT2D eigenvalue weighted by Crippen LogP contribution is -2.42. The summed E-state index contributed by atoms with van der Waals surface area (Å²) in [6.07, 6.45) is 1.20. The average Bonchev–Trinajstić information content (AvgIpc) is 3.01. The minimum absolute atomic E-state index is 0.157. The van der Waals surface area contributed by atoms with Gasteiger partial charge in [0.05, 0.1) is 29.7 Å². The second-order valence-corrected chi connectivity index (χ2v) is 10.4. The highest BCUT2D eigenvalue weighted by atomic mass is 16.5. The lowest BCUT2D eigenvalue weighted by molar-refractivity contribution is 0.182. The SMILES string of the molecule is CCC(c1nc2ccccc2c(=O)n1-c1ccc(C)c(C)c1)N(CCc1ccccc1)C(=O)Nc1ccc(OC)cc1. The molecule has 214 valence electrons. The molecular formula is C35H36N4O3. The van der Waals surface area contributed by atoms with Crippen molar-refractivity contribution in [1.29, 1.82) is 0 Å². The molecule has 0 aliphatic rings. The zero-order valence-electron chi connectivity index (χ0n) is 24.5. The fourth-order valence-electron chi connectivity index (χ4n) is 5.19. The van der Waals surface area contributed by atoms with Gasteiger partial charge in [-0.1, -0.05) is 55.5 Å². The molecule has 5 rings (SSSR count). The fraction of sp³-hybridized carbons (Fsp3) is 0.229. The van der Waals surface area contributed by atoms with Crippen LogP contribution < -0.4 is 15.6 Å². The summed E-state index contributed by atoms with van der Waals surface area (Å²) >= 11 is 0. The summed E-state index contributed by atoms with van der Waals surface area (Å²) in [4.78, 5) is 35.0. The van der Waals surface area contributed by atoms with Gasteiger partial charge in [0.25, 0.3) is 5.56 Å². The molecular weight excluding hydrogens is 524 g/mol. The van der Waals surface area contributed by atoms with E-state index < -0.39 is 6.04 Å². The lowest BCUT2D eigenvalue weighted by atomic mass is 10.1. The molecule has 0 aliphatic heterocycles. The number of carbonyl (C=O) groups is 1. The second kappa shape index (κ2) is 12.7. The van der Waals surface area contributed by atoms with Crippen molar-refractivity contribution in [3.8, 4) is 11.4 Å². The molecule has 0 aliphatic carbocycles. The van der Waals surface area contributed by atoms with E-state index in [0.29, 0.717) is 47.6 Å². The van der Waals surface area contributed by atoms with Gasteiger partial charge < -0.3 is 15.0 Å². The Hall–Kier alpha value is -4.91. The van der Waals surface area contributed by atoms with Crippen molar-refractivity contribution in [2.24, 2.45) is 0 Å². The summed E-state index contributed by atoms with van der Waals surface area (Å²) in [5, 5.41) is 3.59. The number of methoxy groups -OCH3 is 1. The number of nitrogens with one attached hydrogen (secondary N) is 1. The van der Waals surface area contributed by atoms with Crippen LogP contribution in [0.15, 0.2) is 102 Å². The predicted octanol–water partition coefficient (Wildman–Crippen LogP) is 7.24. The van der Waals surface area contributed by atoms with Gasteiger partial charge in [-0.25, -0.2) is 9.78 Å². The van der Waals surface area contributed by atoms with Gasteiger partial charge in [0.15, 0.2) is 0 Å². The molecule has 42 heavy (non-hydrogen) atoms. The first kappa shape index (κ1) is 28.6. The molecule has 0 spiro atoms. The molecule has 7 heteroatoms. The summed E-state index contributed by atoms with van der Waals surface area (Å²) in [5.41, 5.74) is 5.16. The van der Waals surface area contributed by atoms with Gasteiger partial charge in [-0.05, 0) is 91.9 Å². The Bertz CT molecular complexity index is 1750. The van der Waals surface area contributed by atoms with Crippen LogP contribution in [0.4, 0.5) is 10.5 Å². The van der Waals surface area contributed by atoms with Crippen LogP contribution in [0.2, 0.25) is 0 Å². The van der Waals surface area contributed by atoms with E-state index in [9.17, 15) is 9.59 Å².